The summed E-state index contributed by atoms with van der Waals surface area (Å²) in [4.78, 5) is 10.2. The molecule has 0 bridgehead atoms. The van der Waals surface area contributed by atoms with Gasteiger partial charge in [-0.3, -0.25) is 4.57 Å². The fourth-order valence-electron chi connectivity index (χ4n) is 0.245. The van der Waals surface area contributed by atoms with Gasteiger partial charge in [0.15, 0.2) is 0 Å². The van der Waals surface area contributed by atoms with E-state index in [-0.39, 0.29) is 35.4 Å². The smallest absolute Gasteiger partial charge is 0.754 e. The third kappa shape index (κ3) is 7.94. The Morgan fingerprint density at radius 1 is 1.67 bits per heavy atom. The minimum absolute atomic E-state index is 0. The third-order valence-corrected chi connectivity index (χ3v) is 1.72. The van der Waals surface area contributed by atoms with Crippen molar-refractivity contribution in [1.29, 1.82) is 0 Å². The van der Waals surface area contributed by atoms with Crippen LogP contribution in [0.4, 0.5) is 0 Å². The van der Waals surface area contributed by atoms with E-state index in [1.807, 2.05) is 0 Å². The second-order valence-corrected chi connectivity index (χ2v) is 3.26. The molecule has 0 heterocycles. The number of phosphoric acid groups is 1. The van der Waals surface area contributed by atoms with Gasteiger partial charge in [0.2, 0.25) is 0 Å². The number of phosphoric ester groups is 1. The molecule has 0 aromatic heterocycles. The molecule has 6 nitrogen and oxygen atoms in total. The molecule has 2 atom stereocenters. The maximum Gasteiger partial charge on any atom is 1.00 e. The van der Waals surface area contributed by atoms with Gasteiger partial charge >= 0.3 is 29.6 Å². The van der Waals surface area contributed by atoms with Gasteiger partial charge in [-0.25, -0.2) is 5.26 Å². The van der Waals surface area contributed by atoms with Crippen LogP contribution in [0.2, 0.25) is 0 Å². The maximum atomic E-state index is 10.2. The summed E-state index contributed by atoms with van der Waals surface area (Å²) in [6, 6.07) is 0. The first-order valence-corrected chi connectivity index (χ1v) is 4.54. The van der Waals surface area contributed by atoms with Crippen molar-refractivity contribution in [2.45, 2.75) is 6.10 Å². The van der Waals surface area contributed by atoms with E-state index in [0.29, 0.717) is 0 Å². The van der Waals surface area contributed by atoms with Crippen LogP contribution in [0.15, 0.2) is 0 Å². The largest absolute Gasteiger partial charge is 1.00 e. The molecule has 0 saturated carbocycles. The van der Waals surface area contributed by atoms with Crippen LogP contribution >= 0.6 is 19.4 Å². The predicted octanol–water partition coefficient (Wildman–Crippen LogP) is -3.44. The van der Waals surface area contributed by atoms with Crippen LogP contribution in [0.25, 0.3) is 0 Å². The molecule has 0 aliphatic heterocycles. The van der Waals surface area contributed by atoms with E-state index in [1.165, 1.54) is 0 Å². The van der Waals surface area contributed by atoms with E-state index in [9.17, 15) is 9.46 Å². The van der Waals surface area contributed by atoms with Crippen LogP contribution in [0.5, 0.6) is 0 Å². The third-order valence-electron chi connectivity index (χ3n) is 0.703. The van der Waals surface area contributed by atoms with Gasteiger partial charge in [0.05, 0.1) is 18.6 Å². The van der Waals surface area contributed by atoms with Gasteiger partial charge in [-0.05, 0) is 0 Å². The van der Waals surface area contributed by atoms with Crippen LogP contribution < -0.4 is 34.5 Å². The van der Waals surface area contributed by atoms with Crippen LogP contribution in [0.1, 0.15) is 0 Å². The SMILES string of the molecule is O=P([O-])(OO)OCC(O)CCl.[Na+]. The molecule has 0 spiro atoms. The van der Waals surface area contributed by atoms with Crippen molar-refractivity contribution in [3.8, 4) is 0 Å². The molecule has 0 saturated heterocycles. The van der Waals surface area contributed by atoms with E-state index in [1.54, 1.807) is 0 Å². The molecule has 0 rings (SSSR count). The van der Waals surface area contributed by atoms with Crippen molar-refractivity contribution in [3.05, 3.63) is 0 Å². The standard InChI is InChI=1S/C3H8ClO6P.Na/c4-1-3(5)2-9-11(7,8)10-6;/h3,5-6H,1-2H2,(H,7,8);/q;+1/p-1. The van der Waals surface area contributed by atoms with Crippen molar-refractivity contribution in [1.82, 2.24) is 0 Å². The first-order valence-electron chi connectivity index (χ1n) is 2.54. The topological polar surface area (TPSA) is 99.1 Å². The van der Waals surface area contributed by atoms with Gasteiger partial charge in [0.1, 0.15) is 0 Å². The Balaban J connectivity index is 0. The summed E-state index contributed by atoms with van der Waals surface area (Å²) >= 11 is 5.10. The average molecular weight is 228 g/mol. The van der Waals surface area contributed by atoms with E-state index in [4.69, 9.17) is 22.0 Å². The number of rotatable bonds is 5. The molecule has 0 radical (unpaired) electrons. The quantitative estimate of drug-likeness (QED) is 0.167. The Bertz CT molecular complexity index is 156. The summed E-state index contributed by atoms with van der Waals surface area (Å²) < 4.78 is 17.1. The zero-order valence-electron chi connectivity index (χ0n) is 6.34. The van der Waals surface area contributed by atoms with E-state index in [2.05, 4.69) is 9.20 Å². The van der Waals surface area contributed by atoms with Gasteiger partial charge < -0.3 is 14.5 Å². The minimum Gasteiger partial charge on any atom is -0.754 e. The molecular formula is C3H7ClNaO6P. The molecule has 12 heavy (non-hydrogen) atoms. The number of hydrogen-bond donors (Lipinski definition) is 2. The normalized spacial score (nSPS) is 17.7. The number of alkyl halides is 1. The fourth-order valence-corrected chi connectivity index (χ4v) is 0.736. The Labute approximate surface area is 96.3 Å². The summed E-state index contributed by atoms with van der Waals surface area (Å²) in [5.74, 6) is -0.161. The molecule has 2 N–H and O–H groups in total. The first-order chi connectivity index (χ1) is 5.02. The Morgan fingerprint density at radius 3 is 2.50 bits per heavy atom. The summed E-state index contributed by atoms with van der Waals surface area (Å²) in [5.41, 5.74) is 0. The monoisotopic (exact) mass is 228 g/mol. The average Bonchev–Trinajstić information content (AvgIpc) is 2.00. The molecule has 68 valence electrons. The Morgan fingerprint density at radius 2 is 2.17 bits per heavy atom. The molecule has 0 fully saturated rings. The van der Waals surface area contributed by atoms with Gasteiger partial charge in [-0.15, -0.1) is 11.6 Å². The van der Waals surface area contributed by atoms with Crippen molar-refractivity contribution in [2.75, 3.05) is 12.5 Å². The van der Waals surface area contributed by atoms with Crippen molar-refractivity contribution in [3.63, 3.8) is 0 Å². The number of aliphatic hydroxyl groups is 1. The number of aliphatic hydroxyl groups excluding tert-OH is 1. The summed E-state index contributed by atoms with van der Waals surface area (Å²) in [6.07, 6.45) is -1.10. The Hall–Kier alpha value is 1.32. The molecule has 0 aromatic carbocycles. The van der Waals surface area contributed by atoms with Crippen molar-refractivity contribution >= 4 is 19.4 Å². The van der Waals surface area contributed by atoms with Gasteiger partial charge in [0.25, 0.3) is 7.82 Å². The van der Waals surface area contributed by atoms with Gasteiger partial charge in [0, 0.05) is 0 Å². The summed E-state index contributed by atoms with van der Waals surface area (Å²) in [6.45, 7) is -0.537. The molecule has 2 unspecified atom stereocenters. The van der Waals surface area contributed by atoms with Crippen LogP contribution in [-0.4, -0.2) is 29.0 Å². The number of halogens is 1. The zero-order chi connectivity index (χ0) is 8.91. The molecule has 0 aliphatic rings. The molecule has 0 amide bonds. The summed E-state index contributed by atoms with van der Waals surface area (Å²) in [5, 5.41) is 16.3. The minimum atomic E-state index is -4.65. The molecular weight excluding hydrogens is 221 g/mol. The second-order valence-electron chi connectivity index (χ2n) is 1.63. The van der Waals surface area contributed by atoms with E-state index < -0.39 is 20.5 Å². The Kier molecular flexibility index (Phi) is 10.1. The zero-order valence-corrected chi connectivity index (χ0v) is 9.99. The van der Waals surface area contributed by atoms with Crippen LogP contribution in [0.3, 0.4) is 0 Å². The van der Waals surface area contributed by atoms with Crippen LogP contribution in [-0.2, 0) is 13.8 Å². The molecule has 0 aliphatic carbocycles. The van der Waals surface area contributed by atoms with Crippen molar-refractivity contribution < 1.29 is 58.6 Å². The molecule has 0 aromatic rings. The summed E-state index contributed by atoms with van der Waals surface area (Å²) in [7, 11) is -4.65. The first kappa shape index (κ1) is 15.8. The molecule has 9 heteroatoms. The number of hydrogen-bond acceptors (Lipinski definition) is 6. The fraction of sp³-hybridized carbons (Fsp3) is 1.00. The van der Waals surface area contributed by atoms with Gasteiger partial charge in [-0.2, -0.15) is 4.67 Å². The predicted molar refractivity (Wildman–Crippen MR) is 34.0 cm³/mol. The van der Waals surface area contributed by atoms with E-state index >= 15 is 0 Å². The van der Waals surface area contributed by atoms with E-state index in [0.717, 1.165) is 0 Å². The van der Waals surface area contributed by atoms with Gasteiger partial charge in [-0.1, -0.05) is 0 Å². The maximum absolute atomic E-state index is 10.2. The second kappa shape index (κ2) is 7.70. The van der Waals surface area contributed by atoms with Crippen molar-refractivity contribution in [2.24, 2.45) is 0 Å². The van der Waals surface area contributed by atoms with Crippen LogP contribution in [0, 0.1) is 0 Å².